The number of rotatable bonds is 7. The van der Waals surface area contributed by atoms with E-state index in [9.17, 15) is 4.79 Å². The van der Waals surface area contributed by atoms with Gasteiger partial charge >= 0.3 is 0 Å². The van der Waals surface area contributed by atoms with Crippen LogP contribution in [0.25, 0.3) is 10.7 Å². The van der Waals surface area contributed by atoms with Gasteiger partial charge in [0.25, 0.3) is 0 Å². The van der Waals surface area contributed by atoms with Gasteiger partial charge in [-0.1, -0.05) is 23.9 Å². The molecule has 3 aromatic heterocycles. The summed E-state index contributed by atoms with van der Waals surface area (Å²) in [6.07, 6.45) is 0. The number of thioether (sulfide) groups is 1. The fourth-order valence-corrected chi connectivity index (χ4v) is 4.56. The second-order valence-electron chi connectivity index (χ2n) is 5.12. The summed E-state index contributed by atoms with van der Waals surface area (Å²) in [6.45, 7) is 4.83. The van der Waals surface area contributed by atoms with Gasteiger partial charge in [-0.05, 0) is 36.7 Å². The Morgan fingerprint density at radius 2 is 2.08 bits per heavy atom. The first-order valence-corrected chi connectivity index (χ1v) is 10.4. The molecule has 0 unspecified atom stereocenters. The lowest BCUT2D eigenvalue weighted by atomic mass is 10.3. The van der Waals surface area contributed by atoms with E-state index in [0.717, 1.165) is 27.3 Å². The lowest BCUT2D eigenvalue weighted by Crippen LogP contribution is -2.27. The molecule has 0 aliphatic heterocycles. The van der Waals surface area contributed by atoms with Crippen LogP contribution in [0.5, 0.6) is 0 Å². The summed E-state index contributed by atoms with van der Waals surface area (Å²) in [6, 6.07) is 8.09. The number of nitrogens with zero attached hydrogens (tertiary/aromatic N) is 3. The summed E-state index contributed by atoms with van der Waals surface area (Å²) in [5.41, 5.74) is 0. The first kappa shape index (κ1) is 17.2. The van der Waals surface area contributed by atoms with Gasteiger partial charge in [0.15, 0.2) is 11.0 Å². The molecule has 0 aliphatic carbocycles. The Morgan fingerprint density at radius 1 is 1.29 bits per heavy atom. The van der Waals surface area contributed by atoms with E-state index < -0.39 is 0 Å². The highest BCUT2D eigenvalue weighted by Gasteiger charge is 2.16. The van der Waals surface area contributed by atoms with E-state index >= 15 is 0 Å². The van der Waals surface area contributed by atoms with E-state index in [1.165, 1.54) is 11.8 Å². The van der Waals surface area contributed by atoms with Gasteiger partial charge in [0.05, 0.1) is 16.7 Å². The standard InChI is InChI=1S/C16H18N4OS3/c1-3-20-15(13-7-5-9-23-13)18-19-16(20)24-10-14(21)17-11(2)12-6-4-8-22-12/h4-9,11H,3,10H2,1-2H3,(H,17,21)/t11-/m1/s1. The third-order valence-electron chi connectivity index (χ3n) is 3.45. The molecule has 0 aromatic carbocycles. The molecule has 1 N–H and O–H groups in total. The Hall–Kier alpha value is -1.64. The van der Waals surface area contributed by atoms with Crippen molar-refractivity contribution in [2.75, 3.05) is 5.75 Å². The number of carbonyl (C=O) groups excluding carboxylic acids is 1. The molecule has 8 heteroatoms. The molecule has 5 nitrogen and oxygen atoms in total. The van der Waals surface area contributed by atoms with Crippen LogP contribution in [0.15, 0.2) is 40.2 Å². The molecule has 0 saturated carbocycles. The molecule has 24 heavy (non-hydrogen) atoms. The van der Waals surface area contributed by atoms with E-state index in [4.69, 9.17) is 0 Å². The number of hydrogen-bond donors (Lipinski definition) is 1. The highest BCUT2D eigenvalue weighted by atomic mass is 32.2. The molecule has 1 atom stereocenters. The fraction of sp³-hybridized carbons (Fsp3) is 0.312. The van der Waals surface area contributed by atoms with Crippen molar-refractivity contribution in [1.82, 2.24) is 20.1 Å². The van der Waals surface area contributed by atoms with Crippen LogP contribution in [0.3, 0.4) is 0 Å². The number of hydrogen-bond acceptors (Lipinski definition) is 6. The molecule has 1 amide bonds. The zero-order valence-corrected chi connectivity index (χ0v) is 15.9. The molecule has 0 saturated heterocycles. The highest BCUT2D eigenvalue weighted by Crippen LogP contribution is 2.27. The Balaban J connectivity index is 1.61. The van der Waals surface area contributed by atoms with Crippen LogP contribution < -0.4 is 5.32 Å². The van der Waals surface area contributed by atoms with Crippen LogP contribution in [0.2, 0.25) is 0 Å². The molecule has 0 radical (unpaired) electrons. The normalized spacial score (nSPS) is 12.2. The number of thiophene rings is 2. The van der Waals surface area contributed by atoms with Gasteiger partial charge < -0.3 is 9.88 Å². The molecule has 0 fully saturated rings. The average molecular weight is 379 g/mol. The Morgan fingerprint density at radius 3 is 2.75 bits per heavy atom. The third-order valence-corrected chi connectivity index (χ3v) is 6.34. The van der Waals surface area contributed by atoms with Gasteiger partial charge in [0, 0.05) is 11.4 Å². The molecule has 0 aliphatic rings. The zero-order valence-electron chi connectivity index (χ0n) is 13.4. The molecule has 0 spiro atoms. The highest BCUT2D eigenvalue weighted by molar-refractivity contribution is 7.99. The Kier molecular flexibility index (Phi) is 5.70. The van der Waals surface area contributed by atoms with Crippen molar-refractivity contribution < 1.29 is 4.79 Å². The topological polar surface area (TPSA) is 59.8 Å². The first-order valence-electron chi connectivity index (χ1n) is 7.61. The lowest BCUT2D eigenvalue weighted by molar-refractivity contribution is -0.119. The minimum Gasteiger partial charge on any atom is -0.348 e. The van der Waals surface area contributed by atoms with Crippen molar-refractivity contribution in [3.8, 4) is 10.7 Å². The van der Waals surface area contributed by atoms with Gasteiger partial charge in [-0.2, -0.15) is 0 Å². The fourth-order valence-electron chi connectivity index (χ4n) is 2.29. The quantitative estimate of drug-likeness (QED) is 0.630. The van der Waals surface area contributed by atoms with E-state index in [-0.39, 0.29) is 11.9 Å². The minimum atomic E-state index is 0.00391. The summed E-state index contributed by atoms with van der Waals surface area (Å²) < 4.78 is 2.05. The predicted molar refractivity (Wildman–Crippen MR) is 101 cm³/mol. The van der Waals surface area contributed by atoms with Crippen molar-refractivity contribution in [1.29, 1.82) is 0 Å². The van der Waals surface area contributed by atoms with Crippen molar-refractivity contribution in [3.05, 3.63) is 39.9 Å². The van der Waals surface area contributed by atoms with Gasteiger partial charge in [0.2, 0.25) is 5.91 Å². The first-order chi connectivity index (χ1) is 11.7. The van der Waals surface area contributed by atoms with E-state index in [0.29, 0.717) is 5.75 Å². The van der Waals surface area contributed by atoms with Gasteiger partial charge in [-0.15, -0.1) is 32.9 Å². The average Bonchev–Trinajstić information content (AvgIpc) is 3.33. The number of nitrogens with one attached hydrogen (secondary N) is 1. The smallest absolute Gasteiger partial charge is 0.230 e. The zero-order chi connectivity index (χ0) is 16.9. The molecule has 0 bridgehead atoms. The second kappa shape index (κ2) is 7.96. The van der Waals surface area contributed by atoms with Crippen molar-refractivity contribution in [3.63, 3.8) is 0 Å². The number of amides is 1. The molecular formula is C16H18N4OS3. The number of aromatic nitrogens is 3. The third kappa shape index (κ3) is 3.88. The maximum atomic E-state index is 12.2. The van der Waals surface area contributed by atoms with Crippen LogP contribution in [0, 0.1) is 0 Å². The van der Waals surface area contributed by atoms with E-state index in [1.54, 1.807) is 22.7 Å². The van der Waals surface area contributed by atoms with Crippen molar-refractivity contribution in [2.24, 2.45) is 0 Å². The van der Waals surface area contributed by atoms with E-state index in [1.807, 2.05) is 46.5 Å². The SMILES string of the molecule is CCn1c(SCC(=O)N[C@H](C)c2cccs2)nnc1-c1cccs1. The van der Waals surface area contributed by atoms with Crippen molar-refractivity contribution in [2.45, 2.75) is 31.6 Å². The summed E-state index contributed by atoms with van der Waals surface area (Å²) in [7, 11) is 0. The monoisotopic (exact) mass is 378 g/mol. The summed E-state index contributed by atoms with van der Waals surface area (Å²) in [5.74, 6) is 1.20. The summed E-state index contributed by atoms with van der Waals surface area (Å²) in [4.78, 5) is 14.4. The maximum absolute atomic E-state index is 12.2. The van der Waals surface area contributed by atoms with Gasteiger partial charge in [0.1, 0.15) is 0 Å². The van der Waals surface area contributed by atoms with Crippen LogP contribution in [-0.2, 0) is 11.3 Å². The summed E-state index contributed by atoms with van der Waals surface area (Å²) >= 11 is 4.71. The van der Waals surface area contributed by atoms with E-state index in [2.05, 4.69) is 22.4 Å². The maximum Gasteiger partial charge on any atom is 0.230 e. The predicted octanol–water partition coefficient (Wildman–Crippen LogP) is 4.06. The summed E-state index contributed by atoms with van der Waals surface area (Å²) in [5, 5.41) is 16.4. The molecule has 3 aromatic rings. The molecule has 3 rings (SSSR count). The van der Waals surface area contributed by atoms with Gasteiger partial charge in [-0.25, -0.2) is 0 Å². The molecule has 3 heterocycles. The molecule has 126 valence electrons. The largest absolute Gasteiger partial charge is 0.348 e. The molecular weight excluding hydrogens is 360 g/mol. The Bertz CT molecular complexity index is 780. The number of carbonyl (C=O) groups is 1. The minimum absolute atomic E-state index is 0.00391. The Labute approximate surface area is 153 Å². The second-order valence-corrected chi connectivity index (χ2v) is 7.99. The van der Waals surface area contributed by atoms with Crippen LogP contribution >= 0.6 is 34.4 Å². The van der Waals surface area contributed by atoms with Crippen LogP contribution in [0.4, 0.5) is 0 Å². The van der Waals surface area contributed by atoms with Crippen LogP contribution in [0.1, 0.15) is 24.8 Å². The van der Waals surface area contributed by atoms with Crippen LogP contribution in [-0.4, -0.2) is 26.4 Å². The van der Waals surface area contributed by atoms with Gasteiger partial charge in [-0.3, -0.25) is 4.79 Å². The lowest BCUT2D eigenvalue weighted by Gasteiger charge is -2.12. The van der Waals surface area contributed by atoms with Crippen molar-refractivity contribution >= 4 is 40.3 Å².